The molecule has 0 aromatic heterocycles. The van der Waals surface area contributed by atoms with Gasteiger partial charge in [-0.2, -0.15) is 0 Å². The smallest absolute Gasteiger partial charge is 0.362 e. The van der Waals surface area contributed by atoms with E-state index in [4.69, 9.17) is 14.2 Å². The third kappa shape index (κ3) is 35.0. The van der Waals surface area contributed by atoms with Gasteiger partial charge in [0, 0.05) is 19.3 Å². The molecule has 0 heterocycles. The Morgan fingerprint density at radius 2 is 1.00 bits per heavy atom. The number of quaternary nitrogens is 1. The normalized spacial score (nSPS) is 13.3. The number of carbonyl (C=O) groups excluding carboxylic acids is 2. The van der Waals surface area contributed by atoms with Gasteiger partial charge in [0.15, 0.2) is 12.1 Å². The molecule has 1 N–H and O–H groups in total. The predicted molar refractivity (Wildman–Crippen MR) is 220 cm³/mol. The van der Waals surface area contributed by atoms with Gasteiger partial charge >= 0.3 is 17.9 Å². The number of likely N-dealkylation sites (N-methyl/N-ethyl adjacent to an activating group) is 1. The van der Waals surface area contributed by atoms with Gasteiger partial charge in [0.1, 0.15) is 6.61 Å². The van der Waals surface area contributed by atoms with Crippen molar-refractivity contribution in [2.45, 2.75) is 193 Å². The van der Waals surface area contributed by atoms with Crippen LogP contribution in [0.1, 0.15) is 181 Å². The highest BCUT2D eigenvalue weighted by Crippen LogP contribution is 2.13. The van der Waals surface area contributed by atoms with Gasteiger partial charge in [-0.1, -0.05) is 134 Å². The van der Waals surface area contributed by atoms with E-state index in [-0.39, 0.29) is 36.2 Å². The summed E-state index contributed by atoms with van der Waals surface area (Å²) in [5, 5.41) is 9.61. The molecular formula is C45H82NO7+. The molecule has 8 heteroatoms. The topological polar surface area (TPSA) is 99.1 Å². The molecule has 308 valence electrons. The van der Waals surface area contributed by atoms with Crippen LogP contribution < -0.4 is 0 Å². The zero-order valence-electron chi connectivity index (χ0n) is 35.0. The van der Waals surface area contributed by atoms with Crippen LogP contribution in [0.25, 0.3) is 0 Å². The lowest BCUT2D eigenvalue weighted by Gasteiger charge is -2.31. The third-order valence-electron chi connectivity index (χ3n) is 9.54. The van der Waals surface area contributed by atoms with Gasteiger partial charge in [-0.25, -0.2) is 4.79 Å². The van der Waals surface area contributed by atoms with Crippen LogP contribution in [0.15, 0.2) is 36.5 Å². The highest BCUT2D eigenvalue weighted by atomic mass is 16.6. The maximum absolute atomic E-state index is 12.7. The van der Waals surface area contributed by atoms with Crippen molar-refractivity contribution in [3.63, 3.8) is 0 Å². The Hall–Kier alpha value is -2.45. The average molecular weight is 749 g/mol. The molecule has 0 aliphatic rings. The van der Waals surface area contributed by atoms with E-state index in [1.165, 1.54) is 77.0 Å². The number of allylic oxidation sites excluding steroid dienone is 6. The Bertz CT molecular complexity index is 968. The molecule has 0 saturated carbocycles. The molecule has 8 nitrogen and oxygen atoms in total. The van der Waals surface area contributed by atoms with Gasteiger partial charge in [0.25, 0.3) is 0 Å². The number of carboxylic acids is 1. The molecule has 0 fully saturated rings. The van der Waals surface area contributed by atoms with E-state index in [0.717, 1.165) is 70.6 Å². The monoisotopic (exact) mass is 749 g/mol. The number of aliphatic carboxylic acids is 1. The minimum Gasteiger partial charge on any atom is -0.477 e. The lowest BCUT2D eigenvalue weighted by molar-refractivity contribution is -0.887. The number of rotatable bonds is 38. The van der Waals surface area contributed by atoms with Crippen molar-refractivity contribution in [2.75, 3.05) is 41.0 Å². The zero-order chi connectivity index (χ0) is 39.3. The van der Waals surface area contributed by atoms with Crippen molar-refractivity contribution in [1.29, 1.82) is 0 Å². The van der Waals surface area contributed by atoms with Gasteiger partial charge in [-0.3, -0.25) is 9.59 Å². The fourth-order valence-electron chi connectivity index (χ4n) is 6.13. The zero-order valence-corrected chi connectivity index (χ0v) is 35.0. The maximum atomic E-state index is 12.7. The van der Waals surface area contributed by atoms with Gasteiger partial charge in [0.2, 0.25) is 0 Å². The van der Waals surface area contributed by atoms with Crippen LogP contribution in [0, 0.1) is 0 Å². The van der Waals surface area contributed by atoms with Crippen LogP contribution in [-0.2, 0) is 28.6 Å². The van der Waals surface area contributed by atoms with Crippen LogP contribution in [-0.4, -0.2) is 80.6 Å². The summed E-state index contributed by atoms with van der Waals surface area (Å²) in [6, 6.07) is -0.617. The number of unbranched alkanes of at least 4 members (excludes halogenated alkanes) is 19. The van der Waals surface area contributed by atoms with E-state index in [0.29, 0.717) is 19.3 Å². The Kier molecular flexibility index (Phi) is 34.8. The molecule has 2 atom stereocenters. The first-order valence-electron chi connectivity index (χ1n) is 21.5. The Morgan fingerprint density at radius 3 is 1.53 bits per heavy atom. The molecule has 0 rings (SSSR count). The summed E-state index contributed by atoms with van der Waals surface area (Å²) in [4.78, 5) is 36.9. The number of ether oxygens (including phenoxy) is 3. The van der Waals surface area contributed by atoms with E-state index in [2.05, 4.69) is 50.3 Å². The third-order valence-corrected chi connectivity index (χ3v) is 9.54. The molecule has 2 unspecified atom stereocenters. The van der Waals surface area contributed by atoms with E-state index in [1.807, 2.05) is 21.1 Å². The van der Waals surface area contributed by atoms with E-state index < -0.39 is 18.1 Å². The van der Waals surface area contributed by atoms with E-state index in [1.54, 1.807) is 0 Å². The second-order valence-electron chi connectivity index (χ2n) is 15.6. The van der Waals surface area contributed by atoms with Crippen LogP contribution >= 0.6 is 0 Å². The highest BCUT2D eigenvalue weighted by Gasteiger charge is 2.31. The predicted octanol–water partition coefficient (Wildman–Crippen LogP) is 11.5. The largest absolute Gasteiger partial charge is 0.477 e. The summed E-state index contributed by atoms with van der Waals surface area (Å²) in [7, 11) is 5.51. The first kappa shape index (κ1) is 50.5. The summed E-state index contributed by atoms with van der Waals surface area (Å²) in [6.07, 6.45) is 40.4. The number of carbonyl (C=O) groups is 3. The molecule has 53 heavy (non-hydrogen) atoms. The summed E-state index contributed by atoms with van der Waals surface area (Å²) >= 11 is 0. The van der Waals surface area contributed by atoms with E-state index in [9.17, 15) is 19.5 Å². The number of hydrogen-bond acceptors (Lipinski definition) is 6. The van der Waals surface area contributed by atoms with Crippen molar-refractivity contribution in [3.8, 4) is 0 Å². The second-order valence-corrected chi connectivity index (χ2v) is 15.6. The lowest BCUT2D eigenvalue weighted by Crippen LogP contribution is -2.50. The molecular weight excluding hydrogens is 666 g/mol. The van der Waals surface area contributed by atoms with Crippen LogP contribution in [0.4, 0.5) is 0 Å². The van der Waals surface area contributed by atoms with Crippen molar-refractivity contribution >= 4 is 17.9 Å². The maximum Gasteiger partial charge on any atom is 0.362 e. The Balaban J connectivity index is 4.41. The Labute approximate surface area is 325 Å². The van der Waals surface area contributed by atoms with Crippen LogP contribution in [0.2, 0.25) is 0 Å². The van der Waals surface area contributed by atoms with Crippen LogP contribution in [0.3, 0.4) is 0 Å². The Morgan fingerprint density at radius 1 is 0.566 bits per heavy atom. The molecule has 0 aromatic carbocycles. The molecule has 0 spiro atoms. The minimum atomic E-state index is -0.879. The average Bonchev–Trinajstić information content (AvgIpc) is 3.11. The van der Waals surface area contributed by atoms with Crippen molar-refractivity contribution in [1.82, 2.24) is 0 Å². The second kappa shape index (κ2) is 36.5. The van der Waals surface area contributed by atoms with Crippen molar-refractivity contribution < 1.29 is 38.2 Å². The van der Waals surface area contributed by atoms with Crippen molar-refractivity contribution in [2.24, 2.45) is 0 Å². The number of carboxylic acid groups (broad SMARTS) is 1. The first-order valence-corrected chi connectivity index (χ1v) is 21.5. The van der Waals surface area contributed by atoms with Crippen molar-refractivity contribution in [3.05, 3.63) is 36.5 Å². The quantitative estimate of drug-likeness (QED) is 0.0221. The molecule has 0 aromatic rings. The standard InChI is InChI=1S/C45H81NO7/c1-6-8-10-12-14-16-18-20-22-24-26-28-30-32-34-36-44(48)53-41(39-51-38-37-42(45(49)50)46(3,4)5)40-52-43(47)35-33-31-29-27-25-23-21-19-17-15-13-11-9-7-2/h14,16,18,20,23,25,41-42H,6-13,15,17,19,21-22,24,26-40H2,1-5H3/p+1/b16-14+,20-18+,25-23+. The SMILES string of the molecule is CCCCC/C=C/C=C/CCCCCCCCC(=O)OC(COCCC(C(=O)O)[N+](C)(C)C)COC(=O)CCCCC/C=C/CCCCCCCCC. The first-order chi connectivity index (χ1) is 25.6. The molecule has 0 saturated heterocycles. The van der Waals surface area contributed by atoms with E-state index >= 15 is 0 Å². The summed E-state index contributed by atoms with van der Waals surface area (Å²) in [6.45, 7) is 4.67. The fourth-order valence-corrected chi connectivity index (χ4v) is 6.13. The summed E-state index contributed by atoms with van der Waals surface area (Å²) in [5.74, 6) is -1.50. The number of hydrogen-bond donors (Lipinski definition) is 1. The van der Waals surface area contributed by atoms with Gasteiger partial charge < -0.3 is 23.8 Å². The molecule has 0 bridgehead atoms. The fraction of sp³-hybridized carbons (Fsp3) is 0.800. The lowest BCUT2D eigenvalue weighted by atomic mass is 10.1. The minimum absolute atomic E-state index is 0.0524. The molecule has 0 aliphatic carbocycles. The van der Waals surface area contributed by atoms with Gasteiger partial charge in [0.05, 0.1) is 34.4 Å². The summed E-state index contributed by atoms with van der Waals surface area (Å²) in [5.41, 5.74) is 0. The van der Waals surface area contributed by atoms with Gasteiger partial charge in [-0.15, -0.1) is 0 Å². The number of esters is 2. The molecule has 0 aliphatic heterocycles. The highest BCUT2D eigenvalue weighted by molar-refractivity contribution is 5.72. The molecule has 0 radical (unpaired) electrons. The van der Waals surface area contributed by atoms with Gasteiger partial charge in [-0.05, 0) is 64.2 Å². The molecule has 0 amide bonds. The number of nitrogens with zero attached hydrogens (tertiary/aromatic N) is 1. The van der Waals surface area contributed by atoms with Crippen LogP contribution in [0.5, 0.6) is 0 Å². The summed E-state index contributed by atoms with van der Waals surface area (Å²) < 4.78 is 17.2.